The van der Waals surface area contributed by atoms with Crippen LogP contribution in [0.5, 0.6) is 0 Å². The number of nitrogens with zero attached hydrogens (tertiary/aromatic N) is 1. The summed E-state index contributed by atoms with van der Waals surface area (Å²) < 4.78 is 0. The third kappa shape index (κ3) is 8.48. The van der Waals surface area contributed by atoms with Crippen LogP contribution >= 0.6 is 0 Å². The Kier molecular flexibility index (Phi) is 7.15. The zero-order valence-corrected chi connectivity index (χ0v) is 9.79. The first-order valence-corrected chi connectivity index (χ1v) is 5.43. The summed E-state index contributed by atoms with van der Waals surface area (Å²) in [5.74, 6) is 0. The number of aliphatic hydroxyl groups excluding tert-OH is 2. The minimum Gasteiger partial charge on any atom is -0.396 e. The lowest BCUT2D eigenvalue weighted by Gasteiger charge is -2.25. The fraction of sp³-hybridized carbons (Fsp3) is 1.00. The van der Waals surface area contributed by atoms with Gasteiger partial charge in [0, 0.05) is 19.7 Å². The monoisotopic (exact) mass is 203 g/mol. The molecule has 0 saturated carbocycles. The van der Waals surface area contributed by atoms with Crippen molar-refractivity contribution in [1.29, 1.82) is 0 Å². The highest BCUT2D eigenvalue weighted by Crippen LogP contribution is 2.18. The van der Waals surface area contributed by atoms with E-state index in [-0.39, 0.29) is 13.2 Å². The Morgan fingerprint density at radius 3 is 2.00 bits per heavy atom. The summed E-state index contributed by atoms with van der Waals surface area (Å²) >= 11 is 0. The molecule has 0 atom stereocenters. The Morgan fingerprint density at radius 2 is 1.57 bits per heavy atom. The molecule has 86 valence electrons. The molecule has 0 rings (SSSR count). The molecular formula is C11H25NO2. The minimum absolute atomic E-state index is 0.204. The third-order valence-corrected chi connectivity index (χ3v) is 2.23. The fourth-order valence-corrected chi connectivity index (χ4v) is 1.26. The second-order valence-electron chi connectivity index (χ2n) is 4.95. The highest BCUT2D eigenvalue weighted by Gasteiger charge is 2.12. The van der Waals surface area contributed by atoms with E-state index in [2.05, 4.69) is 25.7 Å². The zero-order valence-electron chi connectivity index (χ0n) is 9.79. The molecule has 0 heterocycles. The summed E-state index contributed by atoms with van der Waals surface area (Å²) in [6, 6.07) is 0. The lowest BCUT2D eigenvalue weighted by atomic mass is 9.92. The molecule has 0 saturated heterocycles. The quantitative estimate of drug-likeness (QED) is 0.651. The van der Waals surface area contributed by atoms with Crippen LogP contribution in [-0.4, -0.2) is 48.0 Å². The maximum atomic E-state index is 8.86. The molecule has 3 heteroatoms. The molecule has 0 aliphatic heterocycles. The van der Waals surface area contributed by atoms with Crippen molar-refractivity contribution in [3.63, 3.8) is 0 Å². The summed E-state index contributed by atoms with van der Waals surface area (Å²) in [5.41, 5.74) is 0.340. The van der Waals surface area contributed by atoms with Crippen LogP contribution in [0.15, 0.2) is 0 Å². The van der Waals surface area contributed by atoms with E-state index in [1.54, 1.807) is 0 Å². The lowest BCUT2D eigenvalue weighted by Crippen LogP contribution is -2.31. The van der Waals surface area contributed by atoms with Gasteiger partial charge in [-0.3, -0.25) is 0 Å². The second kappa shape index (κ2) is 7.21. The SMILES string of the molecule is CC(C)(C)CCN(CCO)CCCO. The molecule has 0 aliphatic carbocycles. The van der Waals surface area contributed by atoms with Crippen molar-refractivity contribution < 1.29 is 10.2 Å². The molecule has 0 aliphatic rings. The third-order valence-electron chi connectivity index (χ3n) is 2.23. The van der Waals surface area contributed by atoms with Gasteiger partial charge in [0.1, 0.15) is 0 Å². The van der Waals surface area contributed by atoms with Gasteiger partial charge in [-0.15, -0.1) is 0 Å². The number of aliphatic hydroxyl groups is 2. The van der Waals surface area contributed by atoms with Crippen LogP contribution in [0.2, 0.25) is 0 Å². The van der Waals surface area contributed by atoms with Gasteiger partial charge < -0.3 is 15.1 Å². The van der Waals surface area contributed by atoms with Gasteiger partial charge in [-0.05, 0) is 24.8 Å². The van der Waals surface area contributed by atoms with Gasteiger partial charge in [-0.1, -0.05) is 20.8 Å². The molecule has 0 unspecified atom stereocenters. The number of hydrogen-bond acceptors (Lipinski definition) is 3. The van der Waals surface area contributed by atoms with Gasteiger partial charge in [-0.25, -0.2) is 0 Å². The van der Waals surface area contributed by atoms with Gasteiger partial charge in [0.15, 0.2) is 0 Å². The molecular weight excluding hydrogens is 178 g/mol. The summed E-state index contributed by atoms with van der Waals surface area (Å²) in [7, 11) is 0. The van der Waals surface area contributed by atoms with Gasteiger partial charge in [0.25, 0.3) is 0 Å². The molecule has 3 nitrogen and oxygen atoms in total. The van der Waals surface area contributed by atoms with Gasteiger partial charge >= 0.3 is 0 Å². The zero-order chi connectivity index (χ0) is 11.0. The summed E-state index contributed by atoms with van der Waals surface area (Å²) in [5, 5.41) is 17.6. The Labute approximate surface area is 87.7 Å². The molecule has 0 aromatic rings. The maximum Gasteiger partial charge on any atom is 0.0558 e. The molecule has 0 bridgehead atoms. The second-order valence-corrected chi connectivity index (χ2v) is 4.95. The Hall–Kier alpha value is -0.120. The van der Waals surface area contributed by atoms with Crippen LogP contribution in [0.3, 0.4) is 0 Å². The summed E-state index contributed by atoms with van der Waals surface area (Å²) in [4.78, 5) is 2.21. The molecule has 0 aromatic carbocycles. The van der Waals surface area contributed by atoms with Gasteiger partial charge in [0.05, 0.1) is 6.61 Å². The van der Waals surface area contributed by atoms with Crippen LogP contribution < -0.4 is 0 Å². The van der Waals surface area contributed by atoms with Crippen molar-refractivity contribution in [3.05, 3.63) is 0 Å². The molecule has 0 radical (unpaired) electrons. The van der Waals surface area contributed by atoms with Crippen molar-refractivity contribution >= 4 is 0 Å². The fourth-order valence-electron chi connectivity index (χ4n) is 1.26. The largest absolute Gasteiger partial charge is 0.396 e. The van der Waals surface area contributed by atoms with Crippen LogP contribution in [-0.2, 0) is 0 Å². The van der Waals surface area contributed by atoms with Crippen LogP contribution in [0.4, 0.5) is 0 Å². The molecule has 14 heavy (non-hydrogen) atoms. The first-order chi connectivity index (χ1) is 6.49. The van der Waals surface area contributed by atoms with Crippen LogP contribution in [0.1, 0.15) is 33.6 Å². The van der Waals surface area contributed by atoms with Gasteiger partial charge in [0.2, 0.25) is 0 Å². The number of hydrogen-bond donors (Lipinski definition) is 2. The summed E-state index contributed by atoms with van der Waals surface area (Å²) in [6.45, 7) is 9.70. The van der Waals surface area contributed by atoms with Crippen molar-refractivity contribution in [2.24, 2.45) is 5.41 Å². The van der Waals surface area contributed by atoms with Crippen LogP contribution in [0.25, 0.3) is 0 Å². The van der Waals surface area contributed by atoms with Gasteiger partial charge in [-0.2, -0.15) is 0 Å². The molecule has 0 aromatic heterocycles. The summed E-state index contributed by atoms with van der Waals surface area (Å²) in [6.07, 6.45) is 1.92. The lowest BCUT2D eigenvalue weighted by molar-refractivity contribution is 0.163. The molecule has 2 N–H and O–H groups in total. The van der Waals surface area contributed by atoms with E-state index < -0.39 is 0 Å². The van der Waals surface area contributed by atoms with Crippen molar-refractivity contribution in [2.45, 2.75) is 33.6 Å². The predicted octanol–water partition coefficient (Wildman–Crippen LogP) is 1.10. The number of rotatable bonds is 7. The van der Waals surface area contributed by atoms with Crippen molar-refractivity contribution in [1.82, 2.24) is 4.90 Å². The van der Waals surface area contributed by atoms with Crippen molar-refractivity contribution in [3.8, 4) is 0 Å². The highest BCUT2D eigenvalue weighted by atomic mass is 16.3. The predicted molar refractivity (Wildman–Crippen MR) is 59.3 cm³/mol. The first-order valence-electron chi connectivity index (χ1n) is 5.43. The molecule has 0 spiro atoms. The maximum absolute atomic E-state index is 8.86. The Morgan fingerprint density at radius 1 is 0.929 bits per heavy atom. The first kappa shape index (κ1) is 13.9. The van der Waals surface area contributed by atoms with Crippen LogP contribution in [0, 0.1) is 5.41 Å². The highest BCUT2D eigenvalue weighted by molar-refractivity contribution is 4.66. The standard InChI is InChI=1S/C11H25NO2/c1-11(2,3)5-7-12(8-10-14)6-4-9-13/h13-14H,4-10H2,1-3H3. The van der Waals surface area contributed by atoms with E-state index in [4.69, 9.17) is 10.2 Å². The average molecular weight is 203 g/mol. The Balaban J connectivity index is 3.72. The van der Waals surface area contributed by atoms with E-state index in [0.29, 0.717) is 5.41 Å². The Bertz CT molecular complexity index is 132. The van der Waals surface area contributed by atoms with Crippen molar-refractivity contribution in [2.75, 3.05) is 32.8 Å². The smallest absolute Gasteiger partial charge is 0.0558 e. The van der Waals surface area contributed by atoms with E-state index in [9.17, 15) is 0 Å². The van der Waals surface area contributed by atoms with E-state index in [1.165, 1.54) is 0 Å². The molecule has 0 fully saturated rings. The van der Waals surface area contributed by atoms with E-state index in [1.807, 2.05) is 0 Å². The van der Waals surface area contributed by atoms with E-state index >= 15 is 0 Å². The topological polar surface area (TPSA) is 43.7 Å². The molecule has 0 amide bonds. The normalized spacial score (nSPS) is 12.4. The van der Waals surface area contributed by atoms with E-state index in [0.717, 1.165) is 32.5 Å². The minimum atomic E-state index is 0.204. The average Bonchev–Trinajstić information content (AvgIpc) is 2.08.